The van der Waals surface area contributed by atoms with Crippen LogP contribution in [0.2, 0.25) is 0 Å². The molecule has 2 aromatic rings. The van der Waals surface area contributed by atoms with E-state index in [9.17, 15) is 14.4 Å². The summed E-state index contributed by atoms with van der Waals surface area (Å²) >= 11 is 0. The summed E-state index contributed by atoms with van der Waals surface area (Å²) in [7, 11) is 1.63. The summed E-state index contributed by atoms with van der Waals surface area (Å²) in [5, 5.41) is 2.96. The normalized spacial score (nSPS) is 16.0. The molecule has 2 aliphatic heterocycles. The Morgan fingerprint density at radius 3 is 2.15 bits per heavy atom. The van der Waals surface area contributed by atoms with Crippen LogP contribution in [0, 0.1) is 0 Å². The maximum Gasteiger partial charge on any atom is 0.317 e. The van der Waals surface area contributed by atoms with Crippen LogP contribution in [-0.2, 0) is 22.6 Å². The molecule has 180 valence electrons. The Balaban J connectivity index is 1.17. The lowest BCUT2D eigenvalue weighted by Crippen LogP contribution is -2.53. The zero-order valence-corrected chi connectivity index (χ0v) is 19.7. The molecule has 2 aromatic carbocycles. The number of amides is 4. The molecule has 0 aliphatic carbocycles. The van der Waals surface area contributed by atoms with Gasteiger partial charge in [0, 0.05) is 57.8 Å². The van der Waals surface area contributed by atoms with Crippen molar-refractivity contribution in [1.82, 2.24) is 15.1 Å². The van der Waals surface area contributed by atoms with Crippen molar-refractivity contribution in [1.29, 1.82) is 0 Å². The van der Waals surface area contributed by atoms with E-state index in [1.807, 2.05) is 53.4 Å². The third-order valence-corrected chi connectivity index (χ3v) is 6.47. The standard InChI is InChI=1S/C26H32N4O4/c1-34-23-11-6-20(7-12-23)8-13-24(31)28-15-17-29(18-16-28)26(33)27-19-21-4-9-22(10-5-21)30-14-2-3-25(30)32/h4-7,9-12H,2-3,8,13-19H2,1H3,(H,27,33). The van der Waals surface area contributed by atoms with Crippen LogP contribution >= 0.6 is 0 Å². The number of benzene rings is 2. The number of piperazine rings is 1. The van der Waals surface area contributed by atoms with Crippen LogP contribution in [0.5, 0.6) is 5.75 Å². The van der Waals surface area contributed by atoms with Gasteiger partial charge >= 0.3 is 6.03 Å². The lowest BCUT2D eigenvalue weighted by molar-refractivity contribution is -0.132. The monoisotopic (exact) mass is 464 g/mol. The van der Waals surface area contributed by atoms with E-state index in [0.29, 0.717) is 52.0 Å². The van der Waals surface area contributed by atoms with Crippen molar-refractivity contribution >= 4 is 23.5 Å². The van der Waals surface area contributed by atoms with Crippen LogP contribution in [0.1, 0.15) is 30.4 Å². The van der Waals surface area contributed by atoms with Crippen LogP contribution in [0.4, 0.5) is 10.5 Å². The third-order valence-electron chi connectivity index (χ3n) is 6.47. The average molecular weight is 465 g/mol. The van der Waals surface area contributed by atoms with Gasteiger partial charge in [-0.15, -0.1) is 0 Å². The predicted molar refractivity (Wildman–Crippen MR) is 130 cm³/mol. The molecule has 0 saturated carbocycles. The van der Waals surface area contributed by atoms with E-state index in [4.69, 9.17) is 4.74 Å². The lowest BCUT2D eigenvalue weighted by atomic mass is 10.1. The Morgan fingerprint density at radius 1 is 0.882 bits per heavy atom. The number of nitrogens with one attached hydrogen (secondary N) is 1. The first-order valence-electron chi connectivity index (χ1n) is 11.9. The molecule has 0 atom stereocenters. The molecule has 0 spiro atoms. The number of rotatable bonds is 7. The SMILES string of the molecule is COc1ccc(CCC(=O)N2CCN(C(=O)NCc3ccc(N4CCCC4=O)cc3)CC2)cc1. The summed E-state index contributed by atoms with van der Waals surface area (Å²) in [6.07, 6.45) is 2.66. The first-order valence-corrected chi connectivity index (χ1v) is 11.9. The fourth-order valence-corrected chi connectivity index (χ4v) is 4.36. The molecule has 8 heteroatoms. The highest BCUT2D eigenvalue weighted by molar-refractivity contribution is 5.95. The number of ether oxygens (including phenoxy) is 1. The number of methoxy groups -OCH3 is 1. The summed E-state index contributed by atoms with van der Waals surface area (Å²) in [6.45, 7) is 3.34. The van der Waals surface area contributed by atoms with Crippen LogP contribution in [-0.4, -0.2) is 67.5 Å². The Kier molecular flexibility index (Phi) is 7.67. The molecular weight excluding hydrogens is 432 g/mol. The third kappa shape index (κ3) is 5.87. The zero-order valence-electron chi connectivity index (χ0n) is 19.7. The van der Waals surface area contributed by atoms with Gasteiger partial charge in [-0.25, -0.2) is 4.79 Å². The highest BCUT2D eigenvalue weighted by atomic mass is 16.5. The maximum absolute atomic E-state index is 12.6. The van der Waals surface area contributed by atoms with Gasteiger partial charge in [0.2, 0.25) is 11.8 Å². The van der Waals surface area contributed by atoms with E-state index in [-0.39, 0.29) is 17.8 Å². The van der Waals surface area contributed by atoms with E-state index < -0.39 is 0 Å². The average Bonchev–Trinajstić information content (AvgIpc) is 3.32. The van der Waals surface area contributed by atoms with Crippen molar-refractivity contribution in [3.05, 3.63) is 59.7 Å². The van der Waals surface area contributed by atoms with Crippen LogP contribution in [0.25, 0.3) is 0 Å². The molecule has 1 N–H and O–H groups in total. The smallest absolute Gasteiger partial charge is 0.317 e. The van der Waals surface area contributed by atoms with Crippen LogP contribution in [0.3, 0.4) is 0 Å². The Labute approximate surface area is 200 Å². The van der Waals surface area contributed by atoms with Gasteiger partial charge in [-0.05, 0) is 48.2 Å². The number of aryl methyl sites for hydroxylation is 1. The minimum atomic E-state index is -0.121. The predicted octanol–water partition coefficient (Wildman–Crippen LogP) is 2.81. The highest BCUT2D eigenvalue weighted by Gasteiger charge is 2.24. The molecule has 0 bridgehead atoms. The fraction of sp³-hybridized carbons (Fsp3) is 0.423. The fourth-order valence-electron chi connectivity index (χ4n) is 4.36. The van der Waals surface area contributed by atoms with Gasteiger partial charge in [-0.3, -0.25) is 9.59 Å². The van der Waals surface area contributed by atoms with Gasteiger partial charge < -0.3 is 24.8 Å². The van der Waals surface area contributed by atoms with Gasteiger partial charge in [0.25, 0.3) is 0 Å². The zero-order chi connectivity index (χ0) is 23.9. The molecule has 2 fully saturated rings. The van der Waals surface area contributed by atoms with Gasteiger partial charge in [0.1, 0.15) is 5.75 Å². The van der Waals surface area contributed by atoms with E-state index in [1.165, 1.54) is 0 Å². The largest absolute Gasteiger partial charge is 0.497 e. The van der Waals surface area contributed by atoms with Crippen molar-refractivity contribution < 1.29 is 19.1 Å². The lowest BCUT2D eigenvalue weighted by Gasteiger charge is -2.34. The molecule has 2 aliphatic rings. The minimum Gasteiger partial charge on any atom is -0.497 e. The second kappa shape index (κ2) is 11.0. The summed E-state index contributed by atoms with van der Waals surface area (Å²) in [6, 6.07) is 15.4. The van der Waals surface area contributed by atoms with Gasteiger partial charge in [0.15, 0.2) is 0 Å². The van der Waals surface area contributed by atoms with Crippen molar-refractivity contribution in [3.8, 4) is 5.75 Å². The van der Waals surface area contributed by atoms with E-state index >= 15 is 0 Å². The van der Waals surface area contributed by atoms with Crippen molar-refractivity contribution in [2.75, 3.05) is 44.7 Å². The van der Waals surface area contributed by atoms with Gasteiger partial charge in [0.05, 0.1) is 7.11 Å². The second-order valence-electron chi connectivity index (χ2n) is 8.69. The molecule has 2 heterocycles. The van der Waals surface area contributed by atoms with E-state index in [1.54, 1.807) is 16.9 Å². The summed E-state index contributed by atoms with van der Waals surface area (Å²) in [4.78, 5) is 42.4. The molecule has 4 amide bonds. The number of nitrogens with zero attached hydrogens (tertiary/aromatic N) is 3. The quantitative estimate of drug-likeness (QED) is 0.683. The Bertz CT molecular complexity index is 998. The molecule has 34 heavy (non-hydrogen) atoms. The molecule has 2 saturated heterocycles. The van der Waals surface area contributed by atoms with E-state index in [0.717, 1.165) is 35.5 Å². The molecule has 0 radical (unpaired) electrons. The number of anilines is 1. The van der Waals surface area contributed by atoms with Crippen molar-refractivity contribution in [2.45, 2.75) is 32.2 Å². The summed E-state index contributed by atoms with van der Waals surface area (Å²) in [5.41, 5.74) is 2.99. The highest BCUT2D eigenvalue weighted by Crippen LogP contribution is 2.21. The molecule has 0 aromatic heterocycles. The first-order chi connectivity index (χ1) is 16.5. The second-order valence-corrected chi connectivity index (χ2v) is 8.69. The first kappa shape index (κ1) is 23.6. The molecule has 8 nitrogen and oxygen atoms in total. The van der Waals surface area contributed by atoms with Crippen molar-refractivity contribution in [2.24, 2.45) is 0 Å². The number of carbonyl (C=O) groups is 3. The Hall–Kier alpha value is -3.55. The molecule has 4 rings (SSSR count). The number of hydrogen-bond donors (Lipinski definition) is 1. The molecular formula is C26H32N4O4. The Morgan fingerprint density at radius 2 is 1.53 bits per heavy atom. The van der Waals surface area contributed by atoms with Crippen molar-refractivity contribution in [3.63, 3.8) is 0 Å². The molecule has 0 unspecified atom stereocenters. The topological polar surface area (TPSA) is 82.2 Å². The van der Waals surface area contributed by atoms with Crippen LogP contribution in [0.15, 0.2) is 48.5 Å². The van der Waals surface area contributed by atoms with Crippen LogP contribution < -0.4 is 15.0 Å². The maximum atomic E-state index is 12.6. The number of urea groups is 1. The van der Waals surface area contributed by atoms with Gasteiger partial charge in [-0.1, -0.05) is 24.3 Å². The van der Waals surface area contributed by atoms with E-state index in [2.05, 4.69) is 5.32 Å². The summed E-state index contributed by atoms with van der Waals surface area (Å²) < 4.78 is 5.16. The number of carbonyl (C=O) groups excluding carboxylic acids is 3. The minimum absolute atomic E-state index is 0.118. The van der Waals surface area contributed by atoms with Gasteiger partial charge in [-0.2, -0.15) is 0 Å². The number of hydrogen-bond acceptors (Lipinski definition) is 4. The summed E-state index contributed by atoms with van der Waals surface area (Å²) in [5.74, 6) is 1.09.